The molecule has 0 aromatic rings. The molecule has 0 fully saturated rings. The zero-order chi connectivity index (χ0) is 10.7. The predicted molar refractivity (Wildman–Crippen MR) is 56.9 cm³/mol. The summed E-state index contributed by atoms with van der Waals surface area (Å²) in [5.74, 6) is 1.88. The van der Waals surface area contributed by atoms with E-state index in [4.69, 9.17) is 4.74 Å². The lowest BCUT2D eigenvalue weighted by molar-refractivity contribution is -0.119. The Hall–Kier alpha value is -0.790. The zero-order valence-corrected chi connectivity index (χ0v) is 9.59. The van der Waals surface area contributed by atoms with Crippen LogP contribution in [0.5, 0.6) is 0 Å². The minimum absolute atomic E-state index is 0.182. The van der Waals surface area contributed by atoms with Crippen molar-refractivity contribution in [2.24, 2.45) is 11.8 Å². The van der Waals surface area contributed by atoms with Crippen molar-refractivity contribution in [1.82, 2.24) is 0 Å². The highest BCUT2D eigenvalue weighted by Crippen LogP contribution is 2.26. The maximum Gasteiger partial charge on any atom is 0.164 e. The predicted octanol–water partition coefficient (Wildman–Crippen LogP) is 2.93. The number of carbonyl (C=O) groups is 1. The molecular weight excluding hydrogens is 176 g/mol. The second-order valence-corrected chi connectivity index (χ2v) is 4.56. The molecule has 0 heterocycles. The molecule has 1 aliphatic rings. The molecular formula is C12H20O2. The first-order valence-corrected chi connectivity index (χ1v) is 5.39. The van der Waals surface area contributed by atoms with Crippen molar-refractivity contribution in [2.75, 3.05) is 6.61 Å². The quantitative estimate of drug-likeness (QED) is 0.693. The standard InChI is InChI=1S/C12H20O2/c1-8(2)7-14-11-6-5-9(3)12(13)10(11)4/h8-9H,5-7H2,1-4H3/t9-/m0/s1. The molecule has 1 aliphatic carbocycles. The largest absolute Gasteiger partial charge is 0.497 e. The highest BCUT2D eigenvalue weighted by atomic mass is 16.5. The molecule has 0 unspecified atom stereocenters. The van der Waals surface area contributed by atoms with Gasteiger partial charge in [-0.2, -0.15) is 0 Å². The van der Waals surface area contributed by atoms with Crippen LogP contribution in [0.3, 0.4) is 0 Å². The lowest BCUT2D eigenvalue weighted by Gasteiger charge is -2.22. The van der Waals surface area contributed by atoms with Gasteiger partial charge in [-0.05, 0) is 19.3 Å². The van der Waals surface area contributed by atoms with Gasteiger partial charge >= 0.3 is 0 Å². The van der Waals surface area contributed by atoms with Gasteiger partial charge in [-0.1, -0.05) is 20.8 Å². The topological polar surface area (TPSA) is 26.3 Å². The van der Waals surface area contributed by atoms with Crippen LogP contribution in [0.4, 0.5) is 0 Å². The second kappa shape index (κ2) is 4.63. The molecule has 0 N–H and O–H groups in total. The molecule has 0 aromatic heterocycles. The van der Waals surface area contributed by atoms with Crippen molar-refractivity contribution in [2.45, 2.75) is 40.5 Å². The fourth-order valence-corrected chi connectivity index (χ4v) is 1.62. The van der Waals surface area contributed by atoms with Crippen molar-refractivity contribution in [3.63, 3.8) is 0 Å². The van der Waals surface area contributed by atoms with Crippen molar-refractivity contribution >= 4 is 5.78 Å². The van der Waals surface area contributed by atoms with E-state index in [1.165, 1.54) is 0 Å². The second-order valence-electron chi connectivity index (χ2n) is 4.56. The van der Waals surface area contributed by atoms with E-state index in [0.717, 1.165) is 24.2 Å². The maximum absolute atomic E-state index is 11.6. The summed E-state index contributed by atoms with van der Waals surface area (Å²) in [6.07, 6.45) is 1.86. The minimum Gasteiger partial charge on any atom is -0.497 e. The third-order valence-electron chi connectivity index (χ3n) is 2.63. The number of carbonyl (C=O) groups excluding carboxylic acids is 1. The number of hydrogen-bond donors (Lipinski definition) is 0. The van der Waals surface area contributed by atoms with E-state index in [-0.39, 0.29) is 11.7 Å². The summed E-state index contributed by atoms with van der Waals surface area (Å²) in [6, 6.07) is 0. The van der Waals surface area contributed by atoms with Gasteiger partial charge in [0.05, 0.1) is 6.61 Å². The Kier molecular flexibility index (Phi) is 3.73. The number of Topliss-reactive ketones (excluding diaryl/α,β-unsaturated/α-hetero) is 1. The lowest BCUT2D eigenvalue weighted by atomic mass is 9.88. The summed E-state index contributed by atoms with van der Waals surface area (Å²) in [4.78, 5) is 11.6. The highest BCUT2D eigenvalue weighted by molar-refractivity contribution is 5.97. The van der Waals surface area contributed by atoms with Gasteiger partial charge in [0.15, 0.2) is 5.78 Å². The van der Waals surface area contributed by atoms with E-state index >= 15 is 0 Å². The Bertz CT molecular complexity index is 251. The molecule has 0 bridgehead atoms. The average Bonchev–Trinajstić information content (AvgIpc) is 2.13. The smallest absolute Gasteiger partial charge is 0.164 e. The number of ketones is 1. The van der Waals surface area contributed by atoms with Gasteiger partial charge < -0.3 is 4.74 Å². The van der Waals surface area contributed by atoms with E-state index in [1.54, 1.807) is 0 Å². The summed E-state index contributed by atoms with van der Waals surface area (Å²) in [5, 5.41) is 0. The normalized spacial score (nSPS) is 23.2. The van der Waals surface area contributed by atoms with Crippen LogP contribution < -0.4 is 0 Å². The van der Waals surface area contributed by atoms with Gasteiger partial charge in [0.2, 0.25) is 0 Å². The van der Waals surface area contributed by atoms with Gasteiger partial charge in [0.25, 0.3) is 0 Å². The van der Waals surface area contributed by atoms with Crippen LogP contribution in [-0.2, 0) is 9.53 Å². The van der Waals surface area contributed by atoms with Crippen molar-refractivity contribution in [3.8, 4) is 0 Å². The maximum atomic E-state index is 11.6. The molecule has 0 aromatic carbocycles. The van der Waals surface area contributed by atoms with E-state index in [2.05, 4.69) is 13.8 Å². The van der Waals surface area contributed by atoms with Crippen LogP contribution in [0.25, 0.3) is 0 Å². The third-order valence-corrected chi connectivity index (χ3v) is 2.63. The van der Waals surface area contributed by atoms with Gasteiger partial charge in [0, 0.05) is 17.9 Å². The van der Waals surface area contributed by atoms with Crippen LogP contribution in [0.2, 0.25) is 0 Å². The summed E-state index contributed by atoms with van der Waals surface area (Å²) in [6.45, 7) is 8.82. The van der Waals surface area contributed by atoms with Gasteiger partial charge in [0.1, 0.15) is 5.76 Å². The van der Waals surface area contributed by atoms with Crippen LogP contribution in [0.15, 0.2) is 11.3 Å². The molecule has 2 nitrogen and oxygen atoms in total. The summed E-state index contributed by atoms with van der Waals surface area (Å²) in [7, 11) is 0. The molecule has 0 radical (unpaired) electrons. The Morgan fingerprint density at radius 2 is 2.14 bits per heavy atom. The first kappa shape index (κ1) is 11.3. The first-order chi connectivity index (χ1) is 6.52. The number of allylic oxidation sites excluding steroid dienone is 2. The molecule has 0 saturated carbocycles. The van der Waals surface area contributed by atoms with E-state index in [1.807, 2.05) is 13.8 Å². The fraction of sp³-hybridized carbons (Fsp3) is 0.750. The molecule has 1 atom stereocenters. The minimum atomic E-state index is 0.182. The molecule has 2 heteroatoms. The summed E-state index contributed by atoms with van der Waals surface area (Å²) in [5.41, 5.74) is 0.837. The van der Waals surface area contributed by atoms with Crippen molar-refractivity contribution < 1.29 is 9.53 Å². The number of rotatable bonds is 3. The van der Waals surface area contributed by atoms with E-state index in [0.29, 0.717) is 12.5 Å². The van der Waals surface area contributed by atoms with Crippen LogP contribution in [-0.4, -0.2) is 12.4 Å². The highest BCUT2D eigenvalue weighted by Gasteiger charge is 2.24. The van der Waals surface area contributed by atoms with E-state index < -0.39 is 0 Å². The molecule has 0 aliphatic heterocycles. The average molecular weight is 196 g/mol. The Morgan fingerprint density at radius 3 is 2.71 bits per heavy atom. The van der Waals surface area contributed by atoms with E-state index in [9.17, 15) is 4.79 Å². The van der Waals surface area contributed by atoms with Crippen LogP contribution >= 0.6 is 0 Å². The van der Waals surface area contributed by atoms with Gasteiger partial charge in [-0.3, -0.25) is 4.79 Å². The number of ether oxygens (including phenoxy) is 1. The Balaban J connectivity index is 2.63. The zero-order valence-electron chi connectivity index (χ0n) is 9.59. The first-order valence-electron chi connectivity index (χ1n) is 5.39. The number of hydrogen-bond acceptors (Lipinski definition) is 2. The third kappa shape index (κ3) is 2.60. The van der Waals surface area contributed by atoms with Crippen LogP contribution in [0.1, 0.15) is 40.5 Å². The molecule has 0 spiro atoms. The summed E-state index contributed by atoms with van der Waals surface area (Å²) < 4.78 is 5.63. The molecule has 1 rings (SSSR count). The fourth-order valence-electron chi connectivity index (χ4n) is 1.62. The molecule has 0 saturated heterocycles. The Morgan fingerprint density at radius 1 is 1.50 bits per heavy atom. The van der Waals surface area contributed by atoms with Gasteiger partial charge in [-0.25, -0.2) is 0 Å². The van der Waals surface area contributed by atoms with Crippen molar-refractivity contribution in [1.29, 1.82) is 0 Å². The molecule has 14 heavy (non-hydrogen) atoms. The molecule has 0 amide bonds. The van der Waals surface area contributed by atoms with Gasteiger partial charge in [-0.15, -0.1) is 0 Å². The molecule has 80 valence electrons. The SMILES string of the molecule is CC1=C(OCC(C)C)CC[C@H](C)C1=O. The lowest BCUT2D eigenvalue weighted by Crippen LogP contribution is -2.20. The van der Waals surface area contributed by atoms with Crippen LogP contribution in [0, 0.1) is 11.8 Å². The monoisotopic (exact) mass is 196 g/mol. The Labute approximate surface area is 86.3 Å². The van der Waals surface area contributed by atoms with Crippen molar-refractivity contribution in [3.05, 3.63) is 11.3 Å². The summed E-state index contributed by atoms with van der Waals surface area (Å²) >= 11 is 0.